The van der Waals surface area contributed by atoms with Gasteiger partial charge in [0, 0.05) is 115 Å². The van der Waals surface area contributed by atoms with Crippen LogP contribution in [0.5, 0.6) is 0 Å². The lowest BCUT2D eigenvalue weighted by atomic mass is 10.3. The summed E-state index contributed by atoms with van der Waals surface area (Å²) < 4.78 is 9.60. The summed E-state index contributed by atoms with van der Waals surface area (Å²) in [5.74, 6) is -3.30. The molecule has 0 bridgehead atoms. The summed E-state index contributed by atoms with van der Waals surface area (Å²) in [5.41, 5.74) is 7.45. The largest absolute Gasteiger partial charge is 0.351 e. The van der Waals surface area contributed by atoms with E-state index in [1.165, 1.54) is 29.1 Å². The minimum absolute atomic E-state index is 0.0126. The molecule has 8 amide bonds. The van der Waals surface area contributed by atoms with Gasteiger partial charge in [-0.3, -0.25) is 38.4 Å². The number of hydrogen-bond donors (Lipinski definition) is 9. The monoisotopic (exact) mass is 1090 g/mol. The molecule has 6 aromatic heterocycles. The number of aromatic nitrogens is 9. The zero-order valence-corrected chi connectivity index (χ0v) is 46.4. The second kappa shape index (κ2) is 27.0. The van der Waals surface area contributed by atoms with Crippen molar-refractivity contribution < 1.29 is 38.4 Å². The minimum Gasteiger partial charge on any atom is -0.351 e. The Kier molecular flexibility index (Phi) is 20.3. The van der Waals surface area contributed by atoms with Crippen LogP contribution in [0.2, 0.25) is 0 Å². The van der Waals surface area contributed by atoms with Crippen LogP contribution < -0.4 is 48.3 Å². The number of imidazole rings is 3. The van der Waals surface area contributed by atoms with Crippen LogP contribution in [0, 0.1) is 0 Å². The van der Waals surface area contributed by atoms with Crippen molar-refractivity contribution in [3.8, 4) is 0 Å². The fourth-order valence-electron chi connectivity index (χ4n) is 8.36. The highest BCUT2D eigenvalue weighted by Gasteiger charge is 2.24. The maximum Gasteiger partial charge on any atom is 0.291 e. The molecule has 0 fully saturated rings. The molecule has 0 saturated carbocycles. The fourth-order valence-corrected chi connectivity index (χ4v) is 8.36. The Bertz CT molecular complexity index is 3160. The molecule has 424 valence electrons. The average Bonchev–Trinajstić information content (AvgIpc) is 4.26. The molecule has 0 aliphatic heterocycles. The number of nitrogens with one attached hydrogen (secondary N) is 8. The third-order valence-corrected chi connectivity index (χ3v) is 12.5. The van der Waals surface area contributed by atoms with E-state index in [1.54, 1.807) is 81.0 Å². The van der Waals surface area contributed by atoms with Gasteiger partial charge in [-0.25, -0.2) is 15.0 Å². The lowest BCUT2D eigenvalue weighted by molar-refractivity contribution is -0.116. The van der Waals surface area contributed by atoms with Crippen LogP contribution >= 0.6 is 0 Å². The van der Waals surface area contributed by atoms with Gasteiger partial charge in [0.2, 0.25) is 23.5 Å². The van der Waals surface area contributed by atoms with E-state index in [0.717, 1.165) is 25.9 Å². The third kappa shape index (κ3) is 15.9. The molecule has 0 saturated heterocycles. The molecule has 0 unspecified atom stereocenters. The van der Waals surface area contributed by atoms with Crippen molar-refractivity contribution in [1.29, 1.82) is 0 Å². The van der Waals surface area contributed by atoms with Gasteiger partial charge < -0.3 is 80.6 Å². The maximum atomic E-state index is 13.6. The molecule has 27 nitrogen and oxygen atoms in total. The number of aryl methyl sites for hydroxylation is 3. The number of anilines is 5. The van der Waals surface area contributed by atoms with Gasteiger partial charge in [-0.15, -0.1) is 0 Å². The molecule has 6 heterocycles. The van der Waals surface area contributed by atoms with Gasteiger partial charge in [-0.1, -0.05) is 0 Å². The lowest BCUT2D eigenvalue weighted by Gasteiger charge is -2.15. The number of carbonyl (C=O) groups excluding carboxylic acids is 8. The van der Waals surface area contributed by atoms with Crippen molar-refractivity contribution in [3.05, 3.63) is 96.1 Å². The number of carbonyl (C=O) groups is 8. The second-order valence-corrected chi connectivity index (χ2v) is 19.9. The molecule has 6 rings (SSSR count). The number of hydrogen-bond acceptors (Lipinski definition) is 13. The van der Waals surface area contributed by atoms with Crippen LogP contribution in [-0.4, -0.2) is 141 Å². The molecule has 27 heteroatoms. The molecule has 0 atom stereocenters. The molecular formula is C52H73N19O8. The third-order valence-electron chi connectivity index (χ3n) is 12.5. The van der Waals surface area contributed by atoms with E-state index in [2.05, 4.69) is 62.4 Å². The summed E-state index contributed by atoms with van der Waals surface area (Å²) >= 11 is 0. The Morgan fingerprint density at radius 3 is 1.28 bits per heavy atom. The van der Waals surface area contributed by atoms with Crippen molar-refractivity contribution in [1.82, 2.24) is 63.2 Å². The first kappa shape index (κ1) is 59.4. The average molecular weight is 1090 g/mol. The minimum atomic E-state index is -0.613. The molecule has 0 aliphatic rings. The maximum absolute atomic E-state index is 13.6. The van der Waals surface area contributed by atoms with Crippen LogP contribution in [-0.2, 0) is 30.7 Å². The summed E-state index contributed by atoms with van der Waals surface area (Å²) in [6.07, 6.45) is 12.5. The number of rotatable bonds is 27. The van der Waals surface area contributed by atoms with Crippen molar-refractivity contribution in [3.63, 3.8) is 0 Å². The standard InChI is InChI=1S/C52H73N19O8/c1-31(2)69-22-19-54-44(69)50(77)58-34-23-38(67(9)26-34)48(75)56-17-13-42(72)62-41-30-71(33(5)6)46(64-41)52(79)60-36-25-39(68(10)28-36)49(76)57-18-14-43(73)61-40-29-70(32(3)4)45(63-40)51(78)59-35-24-37(66(8)27-35)47(74)55-16-12-21-65(7)20-11-15-53/h19,22-33H,11-18,20-21,53H2,1-10H3,(H,55,74)(H,56,75)(H,57,76)(H,58,77)(H,59,78)(H,60,79)(H,61,73)(H,62,72). The number of nitrogens with zero attached hydrogens (tertiary/aromatic N) is 10. The van der Waals surface area contributed by atoms with E-state index in [4.69, 9.17) is 5.73 Å². The van der Waals surface area contributed by atoms with Gasteiger partial charge in [0.25, 0.3) is 35.4 Å². The van der Waals surface area contributed by atoms with Gasteiger partial charge in [-0.2, -0.15) is 0 Å². The fraction of sp³-hybridized carbons (Fsp3) is 0.442. The summed E-state index contributed by atoms with van der Waals surface area (Å²) in [6, 6.07) is 4.13. The Hall–Kier alpha value is -8.85. The van der Waals surface area contributed by atoms with Gasteiger partial charge in [-0.05, 0) is 99.3 Å². The number of nitrogens with two attached hydrogens (primary N) is 1. The molecule has 6 aromatic rings. The Morgan fingerprint density at radius 2 is 0.886 bits per heavy atom. The SMILES string of the molecule is CC(C)n1ccnc1C(=O)Nc1cc(C(=O)NCCC(=O)Nc2cn(C(C)C)c(C(=O)Nc3cc(C(=O)NCCC(=O)Nc4cn(C(C)C)c(C(=O)Nc5cc(C(=O)NCCCN(C)CCCN)n(C)c5)n4)n(C)c3)n2)n(C)c1. The highest BCUT2D eigenvalue weighted by Crippen LogP contribution is 2.22. The van der Waals surface area contributed by atoms with Gasteiger partial charge in [0.05, 0.1) is 17.1 Å². The normalized spacial score (nSPS) is 11.3. The van der Waals surface area contributed by atoms with Gasteiger partial charge >= 0.3 is 0 Å². The molecule has 0 radical (unpaired) electrons. The molecule has 10 N–H and O–H groups in total. The van der Waals surface area contributed by atoms with Crippen LogP contribution in [0.3, 0.4) is 0 Å². The highest BCUT2D eigenvalue weighted by atomic mass is 16.2. The van der Waals surface area contributed by atoms with E-state index < -0.39 is 41.4 Å². The second-order valence-electron chi connectivity index (χ2n) is 19.9. The van der Waals surface area contributed by atoms with Crippen molar-refractivity contribution in [2.75, 3.05) is 72.9 Å². The zero-order chi connectivity index (χ0) is 57.7. The summed E-state index contributed by atoms with van der Waals surface area (Å²) in [5, 5.41) is 22.0. The Balaban J connectivity index is 0.949. The first-order valence-electron chi connectivity index (χ1n) is 26.0. The van der Waals surface area contributed by atoms with Crippen LogP contribution in [0.4, 0.5) is 28.7 Å². The Morgan fingerprint density at radius 1 is 0.506 bits per heavy atom. The van der Waals surface area contributed by atoms with Gasteiger partial charge in [0.1, 0.15) is 17.1 Å². The highest BCUT2D eigenvalue weighted by molar-refractivity contribution is 6.06. The molecule has 0 aromatic carbocycles. The first-order chi connectivity index (χ1) is 37.5. The number of amides is 8. The topological polar surface area (TPSA) is 330 Å². The predicted molar refractivity (Wildman–Crippen MR) is 297 cm³/mol. The lowest BCUT2D eigenvalue weighted by Crippen LogP contribution is -2.30. The first-order valence-corrected chi connectivity index (χ1v) is 26.0. The molecule has 0 spiro atoms. The van der Waals surface area contributed by atoms with E-state index in [9.17, 15) is 38.4 Å². The van der Waals surface area contributed by atoms with E-state index in [0.29, 0.717) is 30.2 Å². The zero-order valence-electron chi connectivity index (χ0n) is 46.4. The molecule has 0 aliphatic carbocycles. The van der Waals surface area contributed by atoms with Crippen LogP contribution in [0.1, 0.15) is 149 Å². The van der Waals surface area contributed by atoms with Crippen molar-refractivity contribution in [2.45, 2.75) is 85.4 Å². The predicted octanol–water partition coefficient (Wildman–Crippen LogP) is 3.71. The van der Waals surface area contributed by atoms with E-state index in [1.807, 2.05) is 48.6 Å². The summed E-state index contributed by atoms with van der Waals surface area (Å²) in [6.45, 7) is 14.0. The molecule has 79 heavy (non-hydrogen) atoms. The van der Waals surface area contributed by atoms with Crippen molar-refractivity contribution >= 4 is 76.0 Å². The quantitative estimate of drug-likeness (QED) is 0.0333. The molecular weight excluding hydrogens is 1020 g/mol. The van der Waals surface area contributed by atoms with E-state index in [-0.39, 0.29) is 96.1 Å². The van der Waals surface area contributed by atoms with E-state index >= 15 is 0 Å². The van der Waals surface area contributed by atoms with Crippen LogP contribution in [0.25, 0.3) is 0 Å². The smallest absolute Gasteiger partial charge is 0.291 e. The summed E-state index contributed by atoms with van der Waals surface area (Å²) in [4.78, 5) is 120. The van der Waals surface area contributed by atoms with Crippen molar-refractivity contribution in [2.24, 2.45) is 26.9 Å². The van der Waals surface area contributed by atoms with Gasteiger partial charge in [0.15, 0.2) is 17.5 Å². The summed E-state index contributed by atoms with van der Waals surface area (Å²) in [7, 11) is 6.99. The Labute approximate surface area is 457 Å². The van der Waals surface area contributed by atoms with Crippen LogP contribution in [0.15, 0.2) is 61.6 Å².